The molecule has 2 saturated carbocycles. The monoisotopic (exact) mass is 231 g/mol. The Labute approximate surface area is 90.3 Å². The molecule has 2 fully saturated rings. The number of ketones is 1. The zero-order valence-electron chi connectivity index (χ0n) is 9.06. The smallest absolute Gasteiger partial charge is 0.210 e. The van der Waals surface area contributed by atoms with E-state index >= 15 is 0 Å². The number of sulfonamides is 1. The SMILES string of the molecule is CC1C2CC(=O)[C@](CS(N)(=O)=O)(C2)C1C. The molecular formula is C10H17NO3S. The van der Waals surface area contributed by atoms with Crippen LogP contribution in [0.25, 0.3) is 0 Å². The molecule has 2 N–H and O–H groups in total. The number of primary sulfonamides is 1. The van der Waals surface area contributed by atoms with Crippen LogP contribution in [0, 0.1) is 23.2 Å². The lowest BCUT2D eigenvalue weighted by Gasteiger charge is -2.33. The topological polar surface area (TPSA) is 77.2 Å². The van der Waals surface area contributed by atoms with Crippen LogP contribution in [0.3, 0.4) is 0 Å². The Morgan fingerprint density at radius 1 is 1.47 bits per heavy atom. The van der Waals surface area contributed by atoms with Gasteiger partial charge in [0.05, 0.1) is 5.75 Å². The third-order valence-corrected chi connectivity index (χ3v) is 5.41. The van der Waals surface area contributed by atoms with Crippen LogP contribution in [-0.2, 0) is 14.8 Å². The normalized spacial score (nSPS) is 45.0. The third-order valence-electron chi connectivity index (χ3n) is 4.49. The summed E-state index contributed by atoms with van der Waals surface area (Å²) < 4.78 is 22.4. The molecule has 2 aliphatic rings. The van der Waals surface area contributed by atoms with Crippen molar-refractivity contribution in [2.45, 2.75) is 26.7 Å². The van der Waals surface area contributed by atoms with E-state index in [9.17, 15) is 13.2 Å². The van der Waals surface area contributed by atoms with Crippen LogP contribution in [0.4, 0.5) is 0 Å². The first-order chi connectivity index (χ1) is 6.76. The van der Waals surface area contributed by atoms with E-state index in [2.05, 4.69) is 6.92 Å². The highest BCUT2D eigenvalue weighted by atomic mass is 32.2. The molecule has 86 valence electrons. The Hall–Kier alpha value is -0.420. The van der Waals surface area contributed by atoms with Crippen LogP contribution in [0.2, 0.25) is 0 Å². The molecule has 0 radical (unpaired) electrons. The summed E-state index contributed by atoms with van der Waals surface area (Å²) in [5.41, 5.74) is -0.669. The van der Waals surface area contributed by atoms with Crippen LogP contribution in [0.15, 0.2) is 0 Å². The van der Waals surface area contributed by atoms with Crippen molar-refractivity contribution in [2.75, 3.05) is 5.75 Å². The van der Waals surface area contributed by atoms with Crippen LogP contribution < -0.4 is 5.14 Å². The molecule has 15 heavy (non-hydrogen) atoms. The van der Waals surface area contributed by atoms with Crippen LogP contribution in [-0.4, -0.2) is 20.0 Å². The van der Waals surface area contributed by atoms with E-state index < -0.39 is 15.4 Å². The van der Waals surface area contributed by atoms with E-state index in [-0.39, 0.29) is 17.5 Å². The number of Topliss-reactive ketones (excluding diaryl/α,β-unsaturated/α-hetero) is 1. The Morgan fingerprint density at radius 2 is 2.07 bits per heavy atom. The van der Waals surface area contributed by atoms with Crippen molar-refractivity contribution >= 4 is 15.8 Å². The van der Waals surface area contributed by atoms with Crippen molar-refractivity contribution in [3.05, 3.63) is 0 Å². The summed E-state index contributed by atoms with van der Waals surface area (Å²) >= 11 is 0. The molecular weight excluding hydrogens is 214 g/mol. The van der Waals surface area contributed by atoms with Crippen LogP contribution >= 0.6 is 0 Å². The summed E-state index contributed by atoms with van der Waals surface area (Å²) in [5, 5.41) is 5.08. The minimum Gasteiger partial charge on any atom is -0.299 e. The van der Waals surface area contributed by atoms with Gasteiger partial charge in [-0.25, -0.2) is 13.6 Å². The lowest BCUT2D eigenvalue weighted by atomic mass is 9.72. The first kappa shape index (κ1) is 11.1. The molecule has 0 aromatic carbocycles. The van der Waals surface area contributed by atoms with Gasteiger partial charge in [-0.1, -0.05) is 13.8 Å². The lowest BCUT2D eigenvalue weighted by Crippen LogP contribution is -2.43. The van der Waals surface area contributed by atoms with E-state index in [1.165, 1.54) is 0 Å². The molecule has 2 aliphatic carbocycles. The minimum absolute atomic E-state index is 0.104. The zero-order chi connectivity index (χ0) is 11.4. The van der Waals surface area contributed by atoms with Crippen molar-refractivity contribution < 1.29 is 13.2 Å². The van der Waals surface area contributed by atoms with Gasteiger partial charge in [0.15, 0.2) is 0 Å². The Kier molecular flexibility index (Phi) is 2.25. The maximum Gasteiger partial charge on any atom is 0.210 e. The largest absolute Gasteiger partial charge is 0.299 e. The van der Waals surface area contributed by atoms with Gasteiger partial charge in [-0.2, -0.15) is 0 Å². The first-order valence-corrected chi connectivity index (χ1v) is 7.01. The van der Waals surface area contributed by atoms with Crippen molar-refractivity contribution in [2.24, 2.45) is 28.3 Å². The van der Waals surface area contributed by atoms with Gasteiger partial charge >= 0.3 is 0 Å². The highest BCUT2D eigenvalue weighted by molar-refractivity contribution is 7.89. The molecule has 0 amide bonds. The van der Waals surface area contributed by atoms with Gasteiger partial charge in [0.25, 0.3) is 0 Å². The molecule has 2 rings (SSSR count). The maximum absolute atomic E-state index is 11.9. The molecule has 4 nitrogen and oxygen atoms in total. The molecule has 0 spiro atoms. The fraction of sp³-hybridized carbons (Fsp3) is 0.900. The highest BCUT2D eigenvalue weighted by Gasteiger charge is 2.60. The number of fused-ring (bicyclic) bond motifs is 2. The number of rotatable bonds is 2. The zero-order valence-corrected chi connectivity index (χ0v) is 9.88. The molecule has 0 aromatic rings. The van der Waals surface area contributed by atoms with Crippen molar-refractivity contribution in [1.29, 1.82) is 0 Å². The number of carbonyl (C=O) groups excluding carboxylic acids is 1. The van der Waals surface area contributed by atoms with Crippen LogP contribution in [0.1, 0.15) is 26.7 Å². The van der Waals surface area contributed by atoms with Gasteiger partial charge in [0.2, 0.25) is 10.0 Å². The number of hydrogen-bond donors (Lipinski definition) is 1. The molecule has 0 aliphatic heterocycles. The molecule has 4 atom stereocenters. The first-order valence-electron chi connectivity index (χ1n) is 5.30. The van der Waals surface area contributed by atoms with Gasteiger partial charge in [-0.3, -0.25) is 4.79 Å². The lowest BCUT2D eigenvalue weighted by molar-refractivity contribution is -0.129. The van der Waals surface area contributed by atoms with E-state index in [1.807, 2.05) is 6.92 Å². The predicted molar refractivity (Wildman–Crippen MR) is 56.5 cm³/mol. The third kappa shape index (κ3) is 1.52. The number of carbonyl (C=O) groups is 1. The standard InChI is InChI=1S/C10H17NO3S/c1-6-7(2)10(5-15(11,13)14)4-8(6)3-9(10)12/h6-8H,3-5H2,1-2H3,(H2,11,13,14)/t6?,7?,8?,10-/m0/s1. The van der Waals surface area contributed by atoms with Crippen molar-refractivity contribution in [3.63, 3.8) is 0 Å². The van der Waals surface area contributed by atoms with E-state index in [4.69, 9.17) is 5.14 Å². The summed E-state index contributed by atoms with van der Waals surface area (Å²) in [7, 11) is -3.56. The van der Waals surface area contributed by atoms with Gasteiger partial charge in [0, 0.05) is 11.8 Å². The fourth-order valence-corrected chi connectivity index (χ4v) is 4.71. The second kappa shape index (κ2) is 3.04. The number of hydrogen-bond acceptors (Lipinski definition) is 3. The van der Waals surface area contributed by atoms with Crippen LogP contribution in [0.5, 0.6) is 0 Å². The average molecular weight is 231 g/mol. The van der Waals surface area contributed by atoms with Crippen molar-refractivity contribution in [1.82, 2.24) is 0 Å². The quantitative estimate of drug-likeness (QED) is 0.753. The van der Waals surface area contributed by atoms with Gasteiger partial charge < -0.3 is 0 Å². The second-order valence-corrected chi connectivity index (χ2v) is 6.82. The molecule has 0 heterocycles. The minimum atomic E-state index is -3.56. The van der Waals surface area contributed by atoms with E-state index in [0.717, 1.165) is 0 Å². The Balaban J connectivity index is 2.37. The van der Waals surface area contributed by atoms with Gasteiger partial charge in [-0.15, -0.1) is 0 Å². The summed E-state index contributed by atoms with van der Waals surface area (Å²) in [4.78, 5) is 11.9. The van der Waals surface area contributed by atoms with Crippen molar-refractivity contribution in [3.8, 4) is 0 Å². The second-order valence-electron chi connectivity index (χ2n) is 5.20. The summed E-state index contributed by atoms with van der Waals surface area (Å²) in [6.45, 7) is 4.08. The number of nitrogens with two attached hydrogens (primary N) is 1. The molecule has 3 unspecified atom stereocenters. The molecule has 5 heteroatoms. The average Bonchev–Trinajstić information content (AvgIpc) is 2.47. The van der Waals surface area contributed by atoms with Gasteiger partial charge in [-0.05, 0) is 24.2 Å². The van der Waals surface area contributed by atoms with Gasteiger partial charge in [0.1, 0.15) is 5.78 Å². The summed E-state index contributed by atoms with van der Waals surface area (Å²) in [6.07, 6.45) is 1.26. The molecule has 2 bridgehead atoms. The Bertz CT molecular complexity index is 403. The summed E-state index contributed by atoms with van der Waals surface area (Å²) in [6, 6.07) is 0. The fourth-order valence-electron chi connectivity index (χ4n) is 3.45. The maximum atomic E-state index is 11.9. The Morgan fingerprint density at radius 3 is 2.53 bits per heavy atom. The van der Waals surface area contributed by atoms with E-state index in [1.54, 1.807) is 0 Å². The molecule has 0 aromatic heterocycles. The highest BCUT2D eigenvalue weighted by Crippen LogP contribution is 2.58. The molecule has 0 saturated heterocycles. The summed E-state index contributed by atoms with van der Waals surface area (Å²) in [5.74, 6) is 0.883. The predicted octanol–water partition coefficient (Wildman–Crippen LogP) is 0.526. The van der Waals surface area contributed by atoms with E-state index in [0.29, 0.717) is 24.7 Å².